The highest BCUT2D eigenvalue weighted by molar-refractivity contribution is 6.12. The van der Waals surface area contributed by atoms with Crippen molar-refractivity contribution in [1.82, 2.24) is 19.9 Å². The first-order chi connectivity index (χ1) is 15.2. The van der Waals surface area contributed by atoms with Crippen molar-refractivity contribution >= 4 is 22.8 Å². The molecular formula is C24H23N5O2. The zero-order chi connectivity index (χ0) is 20.9. The van der Waals surface area contributed by atoms with Gasteiger partial charge >= 0.3 is 0 Å². The molecular weight excluding hydrogens is 390 g/mol. The summed E-state index contributed by atoms with van der Waals surface area (Å²) in [6.07, 6.45) is 5.17. The van der Waals surface area contributed by atoms with E-state index in [2.05, 4.69) is 10.5 Å². The van der Waals surface area contributed by atoms with E-state index in [0.717, 1.165) is 65.9 Å². The number of carbonyl (C=O) groups is 1. The molecule has 7 heteroatoms. The number of fused-ring (bicyclic) bond motifs is 1. The van der Waals surface area contributed by atoms with Gasteiger partial charge in [-0.2, -0.15) is 5.10 Å². The van der Waals surface area contributed by atoms with Gasteiger partial charge in [0.25, 0.3) is 5.91 Å². The molecule has 0 saturated heterocycles. The van der Waals surface area contributed by atoms with Gasteiger partial charge in [0.2, 0.25) is 5.88 Å². The van der Waals surface area contributed by atoms with E-state index in [4.69, 9.17) is 14.6 Å². The summed E-state index contributed by atoms with van der Waals surface area (Å²) in [5.74, 6) is 1.02. The third-order valence-corrected chi connectivity index (χ3v) is 6.05. The number of para-hydroxylation sites is 1. The molecule has 4 aromatic rings. The summed E-state index contributed by atoms with van der Waals surface area (Å²) >= 11 is 0. The first-order valence-electron chi connectivity index (χ1n) is 11.0. The first-order valence-corrected chi connectivity index (χ1v) is 11.0. The maximum Gasteiger partial charge on any atom is 0.258 e. The topological polar surface area (TPSA) is 85.8 Å². The Bertz CT molecular complexity index is 1280. The Morgan fingerprint density at radius 1 is 1.13 bits per heavy atom. The van der Waals surface area contributed by atoms with Crippen molar-refractivity contribution in [3.05, 3.63) is 65.1 Å². The van der Waals surface area contributed by atoms with Gasteiger partial charge < -0.3 is 4.52 Å². The number of aryl methyl sites for hydroxylation is 1. The van der Waals surface area contributed by atoms with Crippen LogP contribution in [0.25, 0.3) is 16.7 Å². The maximum atomic E-state index is 13.4. The number of anilines is 1. The Morgan fingerprint density at radius 3 is 2.61 bits per heavy atom. The van der Waals surface area contributed by atoms with Crippen molar-refractivity contribution in [2.24, 2.45) is 0 Å². The highest BCUT2D eigenvalue weighted by Crippen LogP contribution is 2.44. The fourth-order valence-corrected chi connectivity index (χ4v) is 4.04. The normalized spacial score (nSPS) is 16.0. The van der Waals surface area contributed by atoms with Crippen molar-refractivity contribution in [1.29, 1.82) is 0 Å². The van der Waals surface area contributed by atoms with E-state index in [1.165, 1.54) is 0 Å². The van der Waals surface area contributed by atoms with Gasteiger partial charge in [-0.3, -0.25) is 10.1 Å². The number of benzene rings is 1. The Balaban J connectivity index is 1.47. The molecule has 3 aromatic heterocycles. The third kappa shape index (κ3) is 3.30. The Morgan fingerprint density at radius 2 is 1.90 bits per heavy atom. The van der Waals surface area contributed by atoms with Crippen LogP contribution in [0.1, 0.15) is 71.9 Å². The van der Waals surface area contributed by atoms with E-state index in [1.807, 2.05) is 54.1 Å². The van der Waals surface area contributed by atoms with Crippen LogP contribution in [0, 0.1) is 0 Å². The monoisotopic (exact) mass is 413 g/mol. The van der Waals surface area contributed by atoms with E-state index < -0.39 is 0 Å². The molecule has 31 heavy (non-hydrogen) atoms. The van der Waals surface area contributed by atoms with Crippen LogP contribution < -0.4 is 5.32 Å². The summed E-state index contributed by atoms with van der Waals surface area (Å²) in [7, 11) is 0. The number of rotatable bonds is 6. The van der Waals surface area contributed by atoms with Gasteiger partial charge in [0, 0.05) is 23.6 Å². The highest BCUT2D eigenvalue weighted by Gasteiger charge is 2.33. The summed E-state index contributed by atoms with van der Waals surface area (Å²) in [5, 5.41) is 12.8. The number of hydrogen-bond acceptors (Lipinski definition) is 5. The second kappa shape index (κ2) is 7.04. The Kier molecular flexibility index (Phi) is 4.16. The van der Waals surface area contributed by atoms with E-state index in [-0.39, 0.29) is 5.91 Å². The van der Waals surface area contributed by atoms with Crippen molar-refractivity contribution in [2.45, 2.75) is 50.9 Å². The number of pyridine rings is 1. The molecule has 2 aliphatic rings. The van der Waals surface area contributed by atoms with E-state index in [0.29, 0.717) is 23.3 Å². The molecule has 2 fully saturated rings. The van der Waals surface area contributed by atoms with Crippen LogP contribution in [0.5, 0.6) is 0 Å². The van der Waals surface area contributed by atoms with E-state index in [9.17, 15) is 4.79 Å². The number of carbonyl (C=O) groups excluding carboxylic acids is 1. The molecule has 6 rings (SSSR count). The van der Waals surface area contributed by atoms with Crippen LogP contribution in [0.3, 0.4) is 0 Å². The molecule has 0 bridgehead atoms. The molecule has 0 atom stereocenters. The smallest absolute Gasteiger partial charge is 0.258 e. The van der Waals surface area contributed by atoms with Gasteiger partial charge in [0.1, 0.15) is 0 Å². The van der Waals surface area contributed by atoms with Gasteiger partial charge in [0.05, 0.1) is 28.0 Å². The Labute approximate surface area is 179 Å². The zero-order valence-electron chi connectivity index (χ0n) is 17.3. The number of nitrogens with one attached hydrogen (secondary N) is 1. The summed E-state index contributed by atoms with van der Waals surface area (Å²) in [5.41, 5.74) is 4.99. The van der Waals surface area contributed by atoms with Crippen LogP contribution in [0.2, 0.25) is 0 Å². The summed E-state index contributed by atoms with van der Waals surface area (Å²) in [6.45, 7) is 2.04. The van der Waals surface area contributed by atoms with Crippen LogP contribution in [-0.2, 0) is 6.42 Å². The Hall–Kier alpha value is -3.48. The molecule has 2 saturated carbocycles. The molecule has 7 nitrogen and oxygen atoms in total. The molecule has 0 spiro atoms. The lowest BCUT2D eigenvalue weighted by atomic mass is 10.1. The van der Waals surface area contributed by atoms with Gasteiger partial charge in [0.15, 0.2) is 5.65 Å². The zero-order valence-corrected chi connectivity index (χ0v) is 17.3. The van der Waals surface area contributed by atoms with Crippen molar-refractivity contribution in [3.63, 3.8) is 0 Å². The molecule has 0 radical (unpaired) electrons. The van der Waals surface area contributed by atoms with E-state index >= 15 is 0 Å². The minimum absolute atomic E-state index is 0.213. The largest absolute Gasteiger partial charge is 0.338 e. The molecule has 3 heterocycles. The van der Waals surface area contributed by atoms with Crippen molar-refractivity contribution in [2.75, 3.05) is 5.32 Å². The van der Waals surface area contributed by atoms with Crippen LogP contribution in [-0.4, -0.2) is 25.8 Å². The lowest BCUT2D eigenvalue weighted by Crippen LogP contribution is -2.13. The van der Waals surface area contributed by atoms with Gasteiger partial charge in [-0.05, 0) is 50.3 Å². The number of nitrogens with zero attached hydrogens (tertiary/aromatic N) is 4. The van der Waals surface area contributed by atoms with Crippen LogP contribution in [0.15, 0.2) is 47.0 Å². The standard InChI is InChI=1S/C24H23N5O2/c1-2-16-12-18(24(30)26-20-13-19(28-31-20)14-8-9-14)21-22(15-10-11-15)27-29(23(21)25-16)17-6-4-3-5-7-17/h3-7,12-15H,2,8-11H2,1H3,(H,26,30). The first kappa shape index (κ1) is 18.3. The fraction of sp³-hybridized carbons (Fsp3) is 0.333. The van der Waals surface area contributed by atoms with Crippen LogP contribution >= 0.6 is 0 Å². The molecule has 1 N–H and O–H groups in total. The highest BCUT2D eigenvalue weighted by atomic mass is 16.5. The minimum atomic E-state index is -0.213. The predicted molar refractivity (Wildman–Crippen MR) is 117 cm³/mol. The minimum Gasteiger partial charge on any atom is -0.338 e. The SMILES string of the molecule is CCc1cc(C(=O)Nc2cc(C3CC3)no2)c2c(C3CC3)nn(-c3ccccc3)c2n1. The second-order valence-electron chi connectivity index (χ2n) is 8.46. The number of hydrogen-bond donors (Lipinski definition) is 1. The summed E-state index contributed by atoms with van der Waals surface area (Å²) < 4.78 is 7.25. The van der Waals surface area contributed by atoms with Crippen molar-refractivity contribution < 1.29 is 9.32 Å². The molecule has 1 amide bonds. The van der Waals surface area contributed by atoms with Gasteiger partial charge in [-0.15, -0.1) is 0 Å². The fourth-order valence-electron chi connectivity index (χ4n) is 4.04. The average Bonchev–Trinajstić information content (AvgIpc) is 3.74. The molecule has 0 aliphatic heterocycles. The third-order valence-electron chi connectivity index (χ3n) is 6.05. The second-order valence-corrected chi connectivity index (χ2v) is 8.46. The molecule has 1 aromatic carbocycles. The molecule has 156 valence electrons. The van der Waals surface area contributed by atoms with Gasteiger partial charge in [-0.1, -0.05) is 30.3 Å². The maximum absolute atomic E-state index is 13.4. The molecule has 2 aliphatic carbocycles. The van der Waals surface area contributed by atoms with Crippen LogP contribution in [0.4, 0.5) is 5.88 Å². The lowest BCUT2D eigenvalue weighted by molar-refractivity contribution is 0.102. The van der Waals surface area contributed by atoms with E-state index in [1.54, 1.807) is 0 Å². The summed E-state index contributed by atoms with van der Waals surface area (Å²) in [4.78, 5) is 18.2. The lowest BCUT2D eigenvalue weighted by Gasteiger charge is -2.08. The quantitative estimate of drug-likeness (QED) is 0.482. The van der Waals surface area contributed by atoms with Crippen molar-refractivity contribution in [3.8, 4) is 5.69 Å². The number of amides is 1. The number of aromatic nitrogens is 4. The molecule has 0 unspecified atom stereocenters. The van der Waals surface area contributed by atoms with Gasteiger partial charge in [-0.25, -0.2) is 9.67 Å². The summed E-state index contributed by atoms with van der Waals surface area (Å²) in [6, 6.07) is 13.7. The average molecular weight is 413 g/mol. The predicted octanol–water partition coefficient (Wildman–Crippen LogP) is 4.98.